The third-order valence-electron chi connectivity index (χ3n) is 3.28. The monoisotopic (exact) mass is 257 g/mol. The number of morpholine rings is 1. The standard InChI is InChI=1S/C13H27N3O2/c1-4-13(17)15(3)10-12-11-16(8-9-18-12)7-6-14-5-2/h12,14H,4-11H2,1-3H3/t12-/m0/s1. The molecular weight excluding hydrogens is 230 g/mol. The Bertz CT molecular complexity index is 248. The van der Waals surface area contributed by atoms with Crippen molar-refractivity contribution in [1.82, 2.24) is 15.1 Å². The Morgan fingerprint density at radius 3 is 2.94 bits per heavy atom. The minimum Gasteiger partial charge on any atom is -0.374 e. The lowest BCUT2D eigenvalue weighted by Gasteiger charge is -2.34. The van der Waals surface area contributed by atoms with Gasteiger partial charge in [0.1, 0.15) is 0 Å². The first-order chi connectivity index (χ1) is 8.67. The zero-order valence-corrected chi connectivity index (χ0v) is 11.9. The Balaban J connectivity index is 2.27. The largest absolute Gasteiger partial charge is 0.374 e. The van der Waals surface area contributed by atoms with Gasteiger partial charge in [0, 0.05) is 46.2 Å². The van der Waals surface area contributed by atoms with E-state index in [-0.39, 0.29) is 12.0 Å². The maximum atomic E-state index is 11.5. The van der Waals surface area contributed by atoms with Crippen molar-refractivity contribution in [1.29, 1.82) is 0 Å². The number of carbonyl (C=O) groups excluding carboxylic acids is 1. The van der Waals surface area contributed by atoms with Crippen molar-refractivity contribution < 1.29 is 9.53 Å². The van der Waals surface area contributed by atoms with Gasteiger partial charge in [0.2, 0.25) is 5.91 Å². The van der Waals surface area contributed by atoms with Gasteiger partial charge in [0.25, 0.3) is 0 Å². The molecule has 0 aliphatic carbocycles. The number of ether oxygens (including phenoxy) is 1. The highest BCUT2D eigenvalue weighted by atomic mass is 16.5. The van der Waals surface area contributed by atoms with Crippen LogP contribution in [0.4, 0.5) is 0 Å². The zero-order valence-electron chi connectivity index (χ0n) is 11.9. The summed E-state index contributed by atoms with van der Waals surface area (Å²) >= 11 is 0. The van der Waals surface area contributed by atoms with E-state index in [4.69, 9.17) is 4.74 Å². The molecular formula is C13H27N3O2. The predicted molar refractivity (Wildman–Crippen MR) is 72.7 cm³/mol. The van der Waals surface area contributed by atoms with Crippen LogP contribution < -0.4 is 5.32 Å². The molecule has 0 spiro atoms. The highest BCUT2D eigenvalue weighted by molar-refractivity contribution is 5.75. The van der Waals surface area contributed by atoms with Crippen LogP contribution in [0.1, 0.15) is 20.3 Å². The topological polar surface area (TPSA) is 44.8 Å². The van der Waals surface area contributed by atoms with Crippen molar-refractivity contribution in [3.8, 4) is 0 Å². The third kappa shape index (κ3) is 5.33. The molecule has 1 amide bonds. The van der Waals surface area contributed by atoms with Gasteiger partial charge in [-0.3, -0.25) is 9.69 Å². The lowest BCUT2D eigenvalue weighted by atomic mass is 10.2. The van der Waals surface area contributed by atoms with Gasteiger partial charge in [0.15, 0.2) is 0 Å². The number of nitrogens with zero attached hydrogens (tertiary/aromatic N) is 2. The summed E-state index contributed by atoms with van der Waals surface area (Å²) in [6.45, 7) is 10.5. The molecule has 1 atom stereocenters. The average molecular weight is 257 g/mol. The summed E-state index contributed by atoms with van der Waals surface area (Å²) in [6, 6.07) is 0. The molecule has 5 nitrogen and oxygen atoms in total. The lowest BCUT2D eigenvalue weighted by molar-refractivity contribution is -0.132. The van der Waals surface area contributed by atoms with E-state index < -0.39 is 0 Å². The second-order valence-electron chi connectivity index (χ2n) is 4.77. The maximum absolute atomic E-state index is 11.5. The number of carbonyl (C=O) groups is 1. The summed E-state index contributed by atoms with van der Waals surface area (Å²) in [4.78, 5) is 15.7. The van der Waals surface area contributed by atoms with Crippen molar-refractivity contribution in [2.45, 2.75) is 26.4 Å². The summed E-state index contributed by atoms with van der Waals surface area (Å²) in [6.07, 6.45) is 0.716. The Labute approximate surface area is 110 Å². The van der Waals surface area contributed by atoms with Crippen LogP contribution >= 0.6 is 0 Å². The summed E-state index contributed by atoms with van der Waals surface area (Å²) in [7, 11) is 1.85. The van der Waals surface area contributed by atoms with Crippen LogP contribution in [-0.4, -0.2) is 74.7 Å². The van der Waals surface area contributed by atoms with E-state index in [1.165, 1.54) is 0 Å². The number of amides is 1. The molecule has 0 bridgehead atoms. The van der Waals surface area contributed by atoms with Gasteiger partial charge in [-0.1, -0.05) is 13.8 Å². The SMILES string of the molecule is CCNCCN1CCO[C@@H](CN(C)C(=O)CC)C1. The second kappa shape index (κ2) is 8.45. The Kier molecular flexibility index (Phi) is 7.23. The fraction of sp³-hybridized carbons (Fsp3) is 0.923. The molecule has 1 fully saturated rings. The molecule has 0 aromatic rings. The smallest absolute Gasteiger partial charge is 0.222 e. The van der Waals surface area contributed by atoms with E-state index in [9.17, 15) is 4.79 Å². The highest BCUT2D eigenvalue weighted by Gasteiger charge is 2.22. The van der Waals surface area contributed by atoms with Crippen molar-refractivity contribution >= 4 is 5.91 Å². The van der Waals surface area contributed by atoms with E-state index in [1.807, 2.05) is 14.0 Å². The number of nitrogens with one attached hydrogen (secondary N) is 1. The molecule has 0 radical (unpaired) electrons. The molecule has 106 valence electrons. The molecule has 0 saturated carbocycles. The van der Waals surface area contributed by atoms with Crippen molar-refractivity contribution in [3.63, 3.8) is 0 Å². The van der Waals surface area contributed by atoms with Gasteiger partial charge < -0.3 is 15.0 Å². The molecule has 1 aliphatic heterocycles. The molecule has 1 saturated heterocycles. The summed E-state index contributed by atoms with van der Waals surface area (Å²) in [5, 5.41) is 3.33. The minimum absolute atomic E-state index is 0.154. The molecule has 1 heterocycles. The van der Waals surface area contributed by atoms with Crippen LogP contribution in [0.2, 0.25) is 0 Å². The summed E-state index contributed by atoms with van der Waals surface area (Å²) < 4.78 is 5.72. The highest BCUT2D eigenvalue weighted by Crippen LogP contribution is 2.06. The minimum atomic E-state index is 0.154. The van der Waals surface area contributed by atoms with Gasteiger partial charge in [-0.05, 0) is 6.54 Å². The van der Waals surface area contributed by atoms with Crippen molar-refractivity contribution in [3.05, 3.63) is 0 Å². The van der Waals surface area contributed by atoms with Crippen LogP contribution in [0.3, 0.4) is 0 Å². The van der Waals surface area contributed by atoms with Crippen LogP contribution in [0.15, 0.2) is 0 Å². The number of likely N-dealkylation sites (N-methyl/N-ethyl adjacent to an activating group) is 2. The molecule has 1 aliphatic rings. The van der Waals surface area contributed by atoms with Gasteiger partial charge in [-0.15, -0.1) is 0 Å². The Morgan fingerprint density at radius 1 is 1.50 bits per heavy atom. The van der Waals surface area contributed by atoms with Crippen LogP contribution in [-0.2, 0) is 9.53 Å². The zero-order chi connectivity index (χ0) is 13.4. The Morgan fingerprint density at radius 2 is 2.28 bits per heavy atom. The molecule has 1 rings (SSSR count). The third-order valence-corrected chi connectivity index (χ3v) is 3.28. The molecule has 1 N–H and O–H groups in total. The van der Waals surface area contributed by atoms with Crippen LogP contribution in [0.25, 0.3) is 0 Å². The van der Waals surface area contributed by atoms with E-state index in [1.54, 1.807) is 4.90 Å². The van der Waals surface area contributed by atoms with Crippen molar-refractivity contribution in [2.24, 2.45) is 0 Å². The maximum Gasteiger partial charge on any atom is 0.222 e. The predicted octanol–water partition coefficient (Wildman–Crippen LogP) is 0.165. The quantitative estimate of drug-likeness (QED) is 0.660. The second-order valence-corrected chi connectivity index (χ2v) is 4.77. The number of hydrogen-bond donors (Lipinski definition) is 1. The van der Waals surface area contributed by atoms with E-state index in [0.29, 0.717) is 13.0 Å². The van der Waals surface area contributed by atoms with E-state index in [0.717, 1.165) is 39.3 Å². The van der Waals surface area contributed by atoms with Gasteiger partial charge in [-0.2, -0.15) is 0 Å². The summed E-state index contributed by atoms with van der Waals surface area (Å²) in [5.74, 6) is 0.184. The fourth-order valence-corrected chi connectivity index (χ4v) is 2.19. The van der Waals surface area contributed by atoms with Gasteiger partial charge in [0.05, 0.1) is 12.7 Å². The fourth-order valence-electron chi connectivity index (χ4n) is 2.19. The number of hydrogen-bond acceptors (Lipinski definition) is 4. The molecule has 0 unspecified atom stereocenters. The molecule has 18 heavy (non-hydrogen) atoms. The lowest BCUT2D eigenvalue weighted by Crippen LogP contribution is -2.49. The molecule has 5 heteroatoms. The van der Waals surface area contributed by atoms with E-state index >= 15 is 0 Å². The first-order valence-electron chi connectivity index (χ1n) is 6.96. The Hall–Kier alpha value is -0.650. The average Bonchev–Trinajstić information content (AvgIpc) is 2.38. The van der Waals surface area contributed by atoms with Gasteiger partial charge >= 0.3 is 0 Å². The van der Waals surface area contributed by atoms with Crippen LogP contribution in [0, 0.1) is 0 Å². The molecule has 0 aromatic carbocycles. The summed E-state index contributed by atoms with van der Waals surface area (Å²) in [5.41, 5.74) is 0. The number of rotatable bonds is 7. The van der Waals surface area contributed by atoms with Gasteiger partial charge in [-0.25, -0.2) is 0 Å². The normalized spacial score (nSPS) is 20.9. The molecule has 0 aromatic heterocycles. The van der Waals surface area contributed by atoms with Crippen LogP contribution in [0.5, 0.6) is 0 Å². The first kappa shape index (κ1) is 15.4. The van der Waals surface area contributed by atoms with E-state index in [2.05, 4.69) is 17.1 Å². The van der Waals surface area contributed by atoms with Crippen molar-refractivity contribution in [2.75, 3.05) is 52.9 Å². The first-order valence-corrected chi connectivity index (χ1v) is 6.96.